The summed E-state index contributed by atoms with van der Waals surface area (Å²) in [6, 6.07) is 0. The molecule has 0 radical (unpaired) electrons. The minimum Gasteiger partial charge on any atom is -0.326 e. The van der Waals surface area contributed by atoms with Crippen molar-refractivity contribution < 1.29 is 13.7 Å². The number of hydrogen-bond acceptors (Lipinski definition) is 4. The topological polar surface area (TPSA) is 43.4 Å². The molecule has 0 aromatic rings. The molecule has 1 saturated heterocycles. The van der Waals surface area contributed by atoms with E-state index in [0.29, 0.717) is 0 Å². The zero-order valence-electron chi connectivity index (χ0n) is 8.41. The third-order valence-corrected chi connectivity index (χ3v) is 6.54. The molecule has 13 heavy (non-hydrogen) atoms. The van der Waals surface area contributed by atoms with E-state index in [0.717, 1.165) is 12.3 Å². The van der Waals surface area contributed by atoms with E-state index in [1.807, 2.05) is 6.66 Å². The fourth-order valence-corrected chi connectivity index (χ4v) is 3.76. The van der Waals surface area contributed by atoms with E-state index in [1.165, 1.54) is 31.3 Å². The summed E-state index contributed by atoms with van der Waals surface area (Å²) >= 11 is 1.25. The molecule has 1 unspecified atom stereocenters. The zero-order valence-corrected chi connectivity index (χ0v) is 11.1. The molecule has 0 spiro atoms. The van der Waals surface area contributed by atoms with Gasteiger partial charge < -0.3 is 9.09 Å². The van der Waals surface area contributed by atoms with Gasteiger partial charge in [0.25, 0.3) is 0 Å². The maximum atomic E-state index is 11.0. The lowest BCUT2D eigenvalue weighted by Crippen LogP contribution is -1.75. The molecule has 1 rings (SSSR count). The summed E-state index contributed by atoms with van der Waals surface area (Å²) in [6.45, 7) is 1.92. The van der Waals surface area contributed by atoms with Crippen LogP contribution in [-0.4, -0.2) is 32.4 Å². The Hall–Kier alpha value is 0.770. The number of hydrogen-bond donors (Lipinski definition) is 0. The molecule has 0 aromatic heterocycles. The molecule has 1 atom stereocenters. The van der Waals surface area contributed by atoms with Gasteiger partial charge >= 0.3 is 0 Å². The van der Waals surface area contributed by atoms with Crippen LogP contribution in [-0.2, 0) is 13.7 Å². The maximum absolute atomic E-state index is 11.0. The van der Waals surface area contributed by atoms with E-state index in [4.69, 9.17) is 0 Å². The Morgan fingerprint density at radius 3 is 1.92 bits per heavy atom. The average Bonchev–Trinajstić information content (AvgIpc) is 2.49. The second kappa shape index (κ2) is 7.11. The summed E-state index contributed by atoms with van der Waals surface area (Å²) in [6.07, 6.45) is 6.17. The summed E-state index contributed by atoms with van der Waals surface area (Å²) in [7, 11) is -1.80. The van der Waals surface area contributed by atoms with Crippen molar-refractivity contribution in [1.82, 2.24) is 0 Å². The molecule has 0 N–H and O–H groups in total. The van der Waals surface area contributed by atoms with Crippen LogP contribution < -0.4 is 0 Å². The smallest absolute Gasteiger partial charge is 0.245 e. The Morgan fingerprint density at radius 2 is 1.85 bits per heavy atom. The quantitative estimate of drug-likeness (QED) is 0.700. The molecule has 6 heteroatoms. The van der Waals surface area contributed by atoms with Crippen molar-refractivity contribution in [3.63, 3.8) is 0 Å². The Labute approximate surface area is 85.0 Å². The van der Waals surface area contributed by atoms with Crippen LogP contribution in [0.25, 0.3) is 0 Å². The van der Waals surface area contributed by atoms with E-state index in [-0.39, 0.29) is 0 Å². The summed E-state index contributed by atoms with van der Waals surface area (Å²) in [4.78, 5) is 0. The van der Waals surface area contributed by atoms with Crippen LogP contribution in [0.4, 0.5) is 0 Å². The highest BCUT2D eigenvalue weighted by Crippen LogP contribution is 2.47. The first-order valence-corrected chi connectivity index (χ1v) is 9.98. The van der Waals surface area contributed by atoms with Gasteiger partial charge in [0.2, 0.25) is 7.23 Å². The van der Waals surface area contributed by atoms with E-state index in [1.54, 1.807) is 6.26 Å². The van der Waals surface area contributed by atoms with Gasteiger partial charge in [0, 0.05) is 19.4 Å². The molecule has 1 fully saturated rings. The minimum absolute atomic E-state index is 1.01. The van der Waals surface area contributed by atoms with Gasteiger partial charge in [0.1, 0.15) is 0 Å². The minimum atomic E-state index is -1.70. The lowest BCUT2D eigenvalue weighted by Gasteiger charge is -1.96. The highest BCUT2D eigenvalue weighted by atomic mass is 32.7. The maximum Gasteiger partial charge on any atom is 0.245 e. The normalized spacial score (nSPS) is 21.8. The molecule has 0 bridgehead atoms. The molecule has 1 aliphatic rings. The van der Waals surface area contributed by atoms with Crippen LogP contribution in [0.1, 0.15) is 12.8 Å². The van der Waals surface area contributed by atoms with Gasteiger partial charge in [0.15, 0.2) is 0 Å². The molecule has 0 aromatic carbocycles. The standard InChI is InChI=1S/C5H11OP.C2H7O2PS/c1-7(6)4-2-3-5-7;1-4-5(3)6-2/h2-5H2,1H3;5H,1-2H3. The van der Waals surface area contributed by atoms with E-state index in [2.05, 4.69) is 4.52 Å². The predicted octanol–water partition coefficient (Wildman–Crippen LogP) is 3.16. The van der Waals surface area contributed by atoms with Gasteiger partial charge in [-0.05, 0) is 25.8 Å². The molecular weight excluding hydrogens is 226 g/mol. The van der Waals surface area contributed by atoms with Gasteiger partial charge in [-0.25, -0.2) is 0 Å². The molecule has 3 nitrogen and oxygen atoms in total. The van der Waals surface area contributed by atoms with Crippen molar-refractivity contribution >= 4 is 25.8 Å². The second-order valence-corrected chi connectivity index (χ2v) is 10.1. The highest BCUT2D eigenvalue weighted by molar-refractivity contribution is 8.49. The summed E-state index contributed by atoms with van der Waals surface area (Å²) in [5.41, 5.74) is 0. The summed E-state index contributed by atoms with van der Waals surface area (Å²) < 4.78 is 25.5. The second-order valence-electron chi connectivity index (χ2n) is 3.11. The van der Waals surface area contributed by atoms with Crippen molar-refractivity contribution in [1.29, 1.82) is 0 Å². The van der Waals surface area contributed by atoms with Gasteiger partial charge in [-0.3, -0.25) is 4.57 Å². The summed E-state index contributed by atoms with van der Waals surface area (Å²) in [5.74, 6) is 0. The first-order valence-electron chi connectivity index (χ1n) is 4.19. The van der Waals surface area contributed by atoms with Crippen molar-refractivity contribution in [3.05, 3.63) is 0 Å². The molecule has 0 saturated carbocycles. The SMILES string of the molecule is CO[PH](=O)SC.CP1(=O)CCCC1. The van der Waals surface area contributed by atoms with Crippen LogP contribution in [0.2, 0.25) is 0 Å². The van der Waals surface area contributed by atoms with Crippen LogP contribution in [0.5, 0.6) is 0 Å². The van der Waals surface area contributed by atoms with Crippen LogP contribution in [0.3, 0.4) is 0 Å². The Bertz CT molecular complexity index is 192. The first kappa shape index (κ1) is 13.8. The average molecular weight is 244 g/mol. The van der Waals surface area contributed by atoms with Gasteiger partial charge in [0.05, 0.1) is 7.14 Å². The third kappa shape index (κ3) is 7.81. The van der Waals surface area contributed by atoms with Crippen LogP contribution in [0, 0.1) is 0 Å². The van der Waals surface area contributed by atoms with Gasteiger partial charge in [-0.1, -0.05) is 11.4 Å². The largest absolute Gasteiger partial charge is 0.326 e. The van der Waals surface area contributed by atoms with Gasteiger partial charge in [-0.15, -0.1) is 0 Å². The molecule has 1 heterocycles. The van der Waals surface area contributed by atoms with E-state index < -0.39 is 14.4 Å². The lowest BCUT2D eigenvalue weighted by atomic mass is 10.4. The van der Waals surface area contributed by atoms with Crippen LogP contribution >= 0.6 is 25.8 Å². The molecule has 0 aliphatic carbocycles. The Balaban J connectivity index is 0.000000226. The van der Waals surface area contributed by atoms with Crippen LogP contribution in [0.15, 0.2) is 0 Å². The predicted molar refractivity (Wildman–Crippen MR) is 62.0 cm³/mol. The zero-order chi connectivity index (χ0) is 10.3. The lowest BCUT2D eigenvalue weighted by molar-refractivity contribution is 0.429. The molecule has 80 valence electrons. The van der Waals surface area contributed by atoms with Crippen molar-refractivity contribution in [2.24, 2.45) is 0 Å². The molecule has 1 aliphatic heterocycles. The third-order valence-electron chi connectivity index (χ3n) is 1.85. The Morgan fingerprint density at radius 1 is 1.38 bits per heavy atom. The molecular formula is C7H18O3P2S. The van der Waals surface area contributed by atoms with Crippen molar-refractivity contribution in [3.8, 4) is 0 Å². The summed E-state index contributed by atoms with van der Waals surface area (Å²) in [5, 5.41) is 0. The first-order chi connectivity index (χ1) is 6.02. The van der Waals surface area contributed by atoms with Crippen molar-refractivity contribution in [2.45, 2.75) is 12.8 Å². The fraction of sp³-hybridized carbons (Fsp3) is 1.00. The van der Waals surface area contributed by atoms with E-state index >= 15 is 0 Å². The van der Waals surface area contributed by atoms with Gasteiger partial charge in [-0.2, -0.15) is 0 Å². The van der Waals surface area contributed by atoms with E-state index in [9.17, 15) is 9.13 Å². The van der Waals surface area contributed by atoms with Crippen molar-refractivity contribution in [2.75, 3.05) is 32.4 Å². The highest BCUT2D eigenvalue weighted by Gasteiger charge is 2.19. The number of rotatable bonds is 2. The fourth-order valence-electron chi connectivity index (χ4n) is 1.09. The molecule has 0 amide bonds. The Kier molecular flexibility index (Phi) is 7.53. The monoisotopic (exact) mass is 244 g/mol.